The van der Waals surface area contributed by atoms with Crippen molar-refractivity contribution in [3.05, 3.63) is 12.1 Å². The van der Waals surface area contributed by atoms with Crippen molar-refractivity contribution in [1.82, 2.24) is 10.3 Å². The molecule has 1 heterocycles. The van der Waals surface area contributed by atoms with E-state index in [1.54, 1.807) is 6.07 Å². The number of fused-ring (bicyclic) bond motifs is 1. The fraction of sp³-hybridized carbons (Fsp3) is 0.538. The largest absolute Gasteiger partial charge is 0.397 e. The Hall–Kier alpha value is -1.82. The SMILES string of the molecule is CC(C)(C)CC(O)CNc1ccc(N)c2nonc12. The molecule has 2 aromatic rings. The van der Waals surface area contributed by atoms with E-state index in [2.05, 4.69) is 36.4 Å². The predicted octanol–water partition coefficient (Wildman–Crippen LogP) is 2.01. The zero-order chi connectivity index (χ0) is 14.0. The Morgan fingerprint density at radius 2 is 2.00 bits per heavy atom. The van der Waals surface area contributed by atoms with Crippen LogP contribution < -0.4 is 11.1 Å². The summed E-state index contributed by atoms with van der Waals surface area (Å²) in [5.74, 6) is 0. The number of benzene rings is 1. The lowest BCUT2D eigenvalue weighted by atomic mass is 9.89. The van der Waals surface area contributed by atoms with Crippen molar-refractivity contribution in [3.63, 3.8) is 0 Å². The van der Waals surface area contributed by atoms with Crippen LogP contribution in [0.4, 0.5) is 11.4 Å². The summed E-state index contributed by atoms with van der Waals surface area (Å²) < 4.78 is 4.69. The summed E-state index contributed by atoms with van der Waals surface area (Å²) in [5, 5.41) is 20.7. The van der Waals surface area contributed by atoms with Gasteiger partial charge in [0.15, 0.2) is 11.0 Å². The van der Waals surface area contributed by atoms with E-state index in [0.717, 1.165) is 12.1 Å². The number of nitrogens with zero attached hydrogens (tertiary/aromatic N) is 2. The number of nitrogens with two attached hydrogens (primary N) is 1. The molecule has 1 unspecified atom stereocenters. The van der Waals surface area contributed by atoms with Crippen molar-refractivity contribution in [2.75, 3.05) is 17.6 Å². The molecule has 0 bridgehead atoms. The highest BCUT2D eigenvalue weighted by molar-refractivity contribution is 5.94. The normalized spacial score (nSPS) is 13.7. The van der Waals surface area contributed by atoms with Crippen LogP contribution in [0.1, 0.15) is 27.2 Å². The zero-order valence-corrected chi connectivity index (χ0v) is 11.5. The molecule has 0 spiro atoms. The molecule has 1 aromatic heterocycles. The maximum Gasteiger partial charge on any atom is 0.160 e. The van der Waals surface area contributed by atoms with E-state index in [1.165, 1.54) is 0 Å². The fourth-order valence-corrected chi connectivity index (χ4v) is 2.04. The van der Waals surface area contributed by atoms with Gasteiger partial charge >= 0.3 is 0 Å². The Bertz CT molecular complexity index is 559. The highest BCUT2D eigenvalue weighted by atomic mass is 16.6. The Morgan fingerprint density at radius 1 is 1.32 bits per heavy atom. The Kier molecular flexibility index (Phi) is 3.61. The molecule has 1 aromatic carbocycles. The van der Waals surface area contributed by atoms with E-state index in [0.29, 0.717) is 23.3 Å². The fourth-order valence-electron chi connectivity index (χ4n) is 2.04. The molecule has 104 valence electrons. The summed E-state index contributed by atoms with van der Waals surface area (Å²) >= 11 is 0. The topological polar surface area (TPSA) is 97.2 Å². The van der Waals surface area contributed by atoms with Gasteiger partial charge in [-0.1, -0.05) is 20.8 Å². The van der Waals surface area contributed by atoms with Crippen LogP contribution in [0, 0.1) is 5.41 Å². The van der Waals surface area contributed by atoms with Crippen LogP contribution in [-0.2, 0) is 0 Å². The average molecular weight is 264 g/mol. The van der Waals surface area contributed by atoms with Crippen molar-refractivity contribution in [3.8, 4) is 0 Å². The van der Waals surface area contributed by atoms with Gasteiger partial charge in [0.1, 0.15) is 0 Å². The highest BCUT2D eigenvalue weighted by Crippen LogP contribution is 2.26. The Morgan fingerprint density at radius 3 is 2.68 bits per heavy atom. The summed E-state index contributed by atoms with van der Waals surface area (Å²) in [6, 6.07) is 3.55. The van der Waals surface area contributed by atoms with E-state index < -0.39 is 6.10 Å². The lowest BCUT2D eigenvalue weighted by Crippen LogP contribution is -2.25. The molecule has 19 heavy (non-hydrogen) atoms. The van der Waals surface area contributed by atoms with E-state index in [1.807, 2.05) is 6.07 Å². The van der Waals surface area contributed by atoms with Crippen LogP contribution in [0.3, 0.4) is 0 Å². The number of aromatic nitrogens is 2. The molecule has 0 aliphatic heterocycles. The molecule has 6 nitrogen and oxygen atoms in total. The van der Waals surface area contributed by atoms with Crippen LogP contribution >= 0.6 is 0 Å². The minimum absolute atomic E-state index is 0.0903. The van der Waals surface area contributed by atoms with Gasteiger partial charge in [0, 0.05) is 6.54 Å². The lowest BCUT2D eigenvalue weighted by molar-refractivity contribution is 0.132. The van der Waals surface area contributed by atoms with Gasteiger partial charge in [0.2, 0.25) is 0 Å². The van der Waals surface area contributed by atoms with Crippen molar-refractivity contribution in [1.29, 1.82) is 0 Å². The molecule has 1 atom stereocenters. The number of anilines is 2. The summed E-state index contributed by atoms with van der Waals surface area (Å²) in [4.78, 5) is 0. The number of aliphatic hydroxyl groups is 1. The van der Waals surface area contributed by atoms with Crippen molar-refractivity contribution in [2.45, 2.75) is 33.3 Å². The first kappa shape index (κ1) is 13.6. The number of hydrogen-bond acceptors (Lipinski definition) is 6. The first-order valence-corrected chi connectivity index (χ1v) is 6.29. The quantitative estimate of drug-likeness (QED) is 0.731. The van der Waals surface area contributed by atoms with E-state index >= 15 is 0 Å². The molecular weight excluding hydrogens is 244 g/mol. The van der Waals surface area contributed by atoms with Gasteiger partial charge < -0.3 is 16.2 Å². The maximum atomic E-state index is 9.98. The van der Waals surface area contributed by atoms with Crippen molar-refractivity contribution in [2.24, 2.45) is 5.41 Å². The van der Waals surface area contributed by atoms with Gasteiger partial charge in [-0.2, -0.15) is 0 Å². The second kappa shape index (κ2) is 5.05. The molecule has 0 amide bonds. The second-order valence-electron chi connectivity index (χ2n) is 5.96. The van der Waals surface area contributed by atoms with Gasteiger partial charge in [-0.25, -0.2) is 4.63 Å². The third-order valence-electron chi connectivity index (χ3n) is 2.82. The van der Waals surface area contributed by atoms with Crippen LogP contribution in [0.15, 0.2) is 16.8 Å². The summed E-state index contributed by atoms with van der Waals surface area (Å²) in [6.45, 7) is 6.74. The molecule has 0 radical (unpaired) electrons. The first-order valence-electron chi connectivity index (χ1n) is 6.29. The number of nitrogen functional groups attached to an aromatic ring is 1. The molecular formula is C13H20N4O2. The third kappa shape index (κ3) is 3.35. The molecule has 2 rings (SSSR count). The highest BCUT2D eigenvalue weighted by Gasteiger charge is 2.17. The van der Waals surface area contributed by atoms with Gasteiger partial charge in [-0.3, -0.25) is 0 Å². The Labute approximate surface area is 111 Å². The molecule has 4 N–H and O–H groups in total. The summed E-state index contributed by atoms with van der Waals surface area (Å²) in [7, 11) is 0. The second-order valence-corrected chi connectivity index (χ2v) is 5.96. The minimum atomic E-state index is -0.424. The van der Waals surface area contributed by atoms with Crippen LogP contribution in [0.25, 0.3) is 11.0 Å². The van der Waals surface area contributed by atoms with Crippen molar-refractivity contribution >= 4 is 22.4 Å². The summed E-state index contributed by atoms with van der Waals surface area (Å²) in [6.07, 6.45) is 0.294. The van der Waals surface area contributed by atoms with E-state index in [9.17, 15) is 5.11 Å². The first-order chi connectivity index (χ1) is 8.87. The maximum absolute atomic E-state index is 9.98. The standard InChI is InChI=1S/C13H20N4O2/c1-13(2,3)6-8(18)7-15-10-5-4-9(14)11-12(10)17-19-16-11/h4-5,8,15,18H,6-7,14H2,1-3H3. The molecule has 0 saturated heterocycles. The molecule has 0 fully saturated rings. The smallest absolute Gasteiger partial charge is 0.160 e. The van der Waals surface area contributed by atoms with Gasteiger partial charge in [-0.05, 0) is 34.3 Å². The minimum Gasteiger partial charge on any atom is -0.397 e. The Balaban J connectivity index is 2.06. The lowest BCUT2D eigenvalue weighted by Gasteiger charge is -2.22. The number of nitrogens with one attached hydrogen (secondary N) is 1. The molecule has 0 aliphatic carbocycles. The van der Waals surface area contributed by atoms with E-state index in [-0.39, 0.29) is 5.41 Å². The monoisotopic (exact) mass is 264 g/mol. The van der Waals surface area contributed by atoms with Crippen LogP contribution in [-0.4, -0.2) is 28.1 Å². The van der Waals surface area contributed by atoms with Gasteiger partial charge in [0.05, 0.1) is 17.5 Å². The average Bonchev–Trinajstić information content (AvgIpc) is 2.75. The number of rotatable bonds is 4. The van der Waals surface area contributed by atoms with Gasteiger partial charge in [-0.15, -0.1) is 0 Å². The third-order valence-corrected chi connectivity index (χ3v) is 2.82. The number of aliphatic hydroxyl groups excluding tert-OH is 1. The van der Waals surface area contributed by atoms with E-state index in [4.69, 9.17) is 10.4 Å². The van der Waals surface area contributed by atoms with Crippen LogP contribution in [0.2, 0.25) is 0 Å². The molecule has 6 heteroatoms. The number of hydrogen-bond donors (Lipinski definition) is 3. The molecule has 0 saturated carbocycles. The summed E-state index contributed by atoms with van der Waals surface area (Å²) in [5.41, 5.74) is 8.27. The predicted molar refractivity (Wildman–Crippen MR) is 74.8 cm³/mol. The zero-order valence-electron chi connectivity index (χ0n) is 11.5. The van der Waals surface area contributed by atoms with Crippen molar-refractivity contribution < 1.29 is 9.74 Å². The van der Waals surface area contributed by atoms with Crippen LogP contribution in [0.5, 0.6) is 0 Å². The van der Waals surface area contributed by atoms with Gasteiger partial charge in [0.25, 0.3) is 0 Å². The molecule has 0 aliphatic rings.